The summed E-state index contributed by atoms with van der Waals surface area (Å²) in [5.74, 6) is 0.814. The van der Waals surface area contributed by atoms with Gasteiger partial charge in [-0.15, -0.1) is 0 Å². The zero-order valence-electron chi connectivity index (χ0n) is 17.7. The molecule has 0 fully saturated rings. The molecule has 6 heteroatoms. The van der Waals surface area contributed by atoms with Crippen LogP contribution in [-0.2, 0) is 24.2 Å². The van der Waals surface area contributed by atoms with Crippen LogP contribution >= 0.6 is 11.3 Å². The van der Waals surface area contributed by atoms with Crippen LogP contribution in [0.2, 0.25) is 0 Å². The molecule has 0 aliphatic carbocycles. The van der Waals surface area contributed by atoms with E-state index in [2.05, 4.69) is 30.1 Å². The fourth-order valence-corrected chi connectivity index (χ4v) is 4.50. The highest BCUT2D eigenvalue weighted by Crippen LogP contribution is 2.32. The van der Waals surface area contributed by atoms with Gasteiger partial charge >= 0.3 is 0 Å². The summed E-state index contributed by atoms with van der Waals surface area (Å²) >= 11 is 1.56. The molecule has 0 aliphatic heterocycles. The number of hydrogen-bond donors (Lipinski definition) is 0. The third-order valence-corrected chi connectivity index (χ3v) is 6.10. The molecule has 1 amide bonds. The molecule has 0 unspecified atom stereocenters. The molecule has 4 aromatic rings. The second-order valence-corrected chi connectivity index (χ2v) is 8.22. The van der Waals surface area contributed by atoms with Crippen molar-refractivity contribution in [3.05, 3.63) is 83.7 Å². The van der Waals surface area contributed by atoms with Crippen LogP contribution in [0.3, 0.4) is 0 Å². The number of thiazole rings is 1. The molecule has 2 aromatic carbocycles. The summed E-state index contributed by atoms with van der Waals surface area (Å²) in [6, 6.07) is 17.8. The molecule has 31 heavy (non-hydrogen) atoms. The summed E-state index contributed by atoms with van der Waals surface area (Å²) in [6.45, 7) is 5.13. The van der Waals surface area contributed by atoms with E-state index >= 15 is 0 Å². The monoisotopic (exact) mass is 431 g/mol. The number of nitrogens with zero attached hydrogens (tertiary/aromatic N) is 3. The van der Waals surface area contributed by atoms with Gasteiger partial charge in [0.25, 0.3) is 0 Å². The van der Waals surface area contributed by atoms with E-state index in [1.165, 1.54) is 5.56 Å². The second kappa shape index (κ2) is 9.71. The maximum Gasteiger partial charge on any atom is 0.233 e. The summed E-state index contributed by atoms with van der Waals surface area (Å²) in [7, 11) is 0. The molecular formula is C25H25N3O2S. The van der Waals surface area contributed by atoms with Crippen LogP contribution in [0, 0.1) is 0 Å². The lowest BCUT2D eigenvalue weighted by atomic mass is 10.1. The lowest BCUT2D eigenvalue weighted by molar-refractivity contribution is -0.118. The minimum Gasteiger partial charge on any atom is -0.494 e. The van der Waals surface area contributed by atoms with Gasteiger partial charge in [-0.2, -0.15) is 0 Å². The van der Waals surface area contributed by atoms with Gasteiger partial charge in [0.15, 0.2) is 5.13 Å². The van der Waals surface area contributed by atoms with Crippen LogP contribution < -0.4 is 9.64 Å². The number of carbonyl (C=O) groups is 1. The van der Waals surface area contributed by atoms with Gasteiger partial charge in [0.1, 0.15) is 5.75 Å². The van der Waals surface area contributed by atoms with Crippen molar-refractivity contribution in [3.63, 3.8) is 0 Å². The molecule has 2 heterocycles. The van der Waals surface area contributed by atoms with Gasteiger partial charge < -0.3 is 4.74 Å². The van der Waals surface area contributed by atoms with E-state index in [0.717, 1.165) is 38.6 Å². The van der Waals surface area contributed by atoms with E-state index < -0.39 is 0 Å². The molecule has 2 aromatic heterocycles. The zero-order valence-corrected chi connectivity index (χ0v) is 18.6. The number of ether oxygens (including phenoxy) is 1. The van der Waals surface area contributed by atoms with Gasteiger partial charge in [-0.25, -0.2) is 4.98 Å². The molecule has 0 saturated heterocycles. The summed E-state index contributed by atoms with van der Waals surface area (Å²) in [6.07, 6.45) is 4.73. The quantitative estimate of drug-likeness (QED) is 0.373. The van der Waals surface area contributed by atoms with Crippen LogP contribution in [-0.4, -0.2) is 22.5 Å². The number of fused-ring (bicyclic) bond motifs is 1. The Bertz CT molecular complexity index is 1160. The number of pyridine rings is 1. The Morgan fingerprint density at radius 2 is 1.87 bits per heavy atom. The number of anilines is 1. The lowest BCUT2D eigenvalue weighted by Gasteiger charge is -2.20. The van der Waals surface area contributed by atoms with Gasteiger partial charge in [-0.1, -0.05) is 48.6 Å². The summed E-state index contributed by atoms with van der Waals surface area (Å²) in [5.41, 5.74) is 4.09. The van der Waals surface area contributed by atoms with Crippen molar-refractivity contribution in [1.29, 1.82) is 0 Å². The Labute approximate surface area is 186 Å². The van der Waals surface area contributed by atoms with Crippen LogP contribution in [0.1, 0.15) is 30.5 Å². The number of aromatic nitrogens is 2. The summed E-state index contributed by atoms with van der Waals surface area (Å²) in [5, 5.41) is 0.718. The Hall–Kier alpha value is -3.25. The normalized spacial score (nSPS) is 10.9. The minimum atomic E-state index is 0.00474. The number of rotatable bonds is 8. The molecule has 0 bridgehead atoms. The van der Waals surface area contributed by atoms with E-state index in [-0.39, 0.29) is 5.91 Å². The number of hydrogen-bond acceptors (Lipinski definition) is 5. The van der Waals surface area contributed by atoms with Crippen molar-refractivity contribution < 1.29 is 9.53 Å². The number of amides is 1. The van der Waals surface area contributed by atoms with Crippen molar-refractivity contribution in [1.82, 2.24) is 9.97 Å². The molecule has 0 atom stereocenters. The Balaban J connectivity index is 1.64. The minimum absolute atomic E-state index is 0.00474. The Kier molecular flexibility index (Phi) is 6.57. The SMILES string of the molecule is CCOc1ccc(CC(=O)N(Cc2cccnc2)c2nc3c(CC)cccc3s2)cc1. The highest BCUT2D eigenvalue weighted by molar-refractivity contribution is 7.22. The number of carbonyl (C=O) groups excluding carboxylic acids is 1. The van der Waals surface area contributed by atoms with Gasteiger partial charge in [-0.3, -0.25) is 14.7 Å². The van der Waals surface area contributed by atoms with Crippen LogP contribution in [0.4, 0.5) is 5.13 Å². The van der Waals surface area contributed by atoms with Gasteiger partial charge in [0.05, 0.1) is 29.8 Å². The van der Waals surface area contributed by atoms with E-state index in [0.29, 0.717) is 19.6 Å². The predicted octanol–water partition coefficient (Wildman–Crippen LogP) is 5.43. The number of aryl methyl sites for hydroxylation is 1. The second-order valence-electron chi connectivity index (χ2n) is 7.21. The number of para-hydroxylation sites is 1. The molecule has 4 rings (SSSR count). The first-order valence-electron chi connectivity index (χ1n) is 10.5. The highest BCUT2D eigenvalue weighted by Gasteiger charge is 2.21. The van der Waals surface area contributed by atoms with Crippen molar-refractivity contribution >= 4 is 32.6 Å². The topological polar surface area (TPSA) is 55.3 Å². The maximum atomic E-state index is 13.4. The van der Waals surface area contributed by atoms with E-state index in [9.17, 15) is 4.79 Å². The fraction of sp³-hybridized carbons (Fsp3) is 0.240. The third-order valence-electron chi connectivity index (χ3n) is 5.06. The molecular weight excluding hydrogens is 406 g/mol. The first-order valence-corrected chi connectivity index (χ1v) is 11.3. The van der Waals surface area contributed by atoms with E-state index in [4.69, 9.17) is 9.72 Å². The Morgan fingerprint density at radius 3 is 2.58 bits per heavy atom. The number of benzene rings is 2. The largest absolute Gasteiger partial charge is 0.494 e. The van der Waals surface area contributed by atoms with E-state index in [1.54, 1.807) is 28.6 Å². The summed E-state index contributed by atoms with van der Waals surface area (Å²) < 4.78 is 6.60. The summed E-state index contributed by atoms with van der Waals surface area (Å²) in [4.78, 5) is 24.2. The standard InChI is InChI=1S/C25H25N3O2S/c1-3-20-8-5-9-22-24(20)27-25(31-22)28(17-19-7-6-14-26-16-19)23(29)15-18-10-12-21(13-11-18)30-4-2/h5-14,16H,3-4,15,17H2,1-2H3. The van der Waals surface area contributed by atoms with Gasteiger partial charge in [-0.05, 0) is 54.3 Å². The molecule has 0 aliphatic rings. The molecule has 0 N–H and O–H groups in total. The van der Waals surface area contributed by atoms with Crippen molar-refractivity contribution in [2.45, 2.75) is 33.2 Å². The smallest absolute Gasteiger partial charge is 0.233 e. The van der Waals surface area contributed by atoms with E-state index in [1.807, 2.05) is 43.3 Å². The molecule has 5 nitrogen and oxygen atoms in total. The molecule has 0 spiro atoms. The molecule has 0 radical (unpaired) electrons. The van der Waals surface area contributed by atoms with Gasteiger partial charge in [0, 0.05) is 12.4 Å². The van der Waals surface area contributed by atoms with Crippen LogP contribution in [0.5, 0.6) is 5.75 Å². The maximum absolute atomic E-state index is 13.4. The zero-order chi connectivity index (χ0) is 21.6. The molecule has 158 valence electrons. The Morgan fingerprint density at radius 1 is 1.03 bits per heavy atom. The highest BCUT2D eigenvalue weighted by atomic mass is 32.1. The van der Waals surface area contributed by atoms with Gasteiger partial charge in [0.2, 0.25) is 5.91 Å². The predicted molar refractivity (Wildman–Crippen MR) is 126 cm³/mol. The molecule has 0 saturated carbocycles. The average Bonchev–Trinajstić information content (AvgIpc) is 3.23. The fourth-order valence-electron chi connectivity index (χ4n) is 3.47. The average molecular weight is 432 g/mol. The van der Waals surface area contributed by atoms with Crippen LogP contribution in [0.25, 0.3) is 10.2 Å². The third kappa shape index (κ3) is 4.91. The van der Waals surface area contributed by atoms with Crippen molar-refractivity contribution in [2.75, 3.05) is 11.5 Å². The van der Waals surface area contributed by atoms with Crippen molar-refractivity contribution in [3.8, 4) is 5.75 Å². The van der Waals surface area contributed by atoms with Crippen LogP contribution in [0.15, 0.2) is 67.0 Å². The lowest BCUT2D eigenvalue weighted by Crippen LogP contribution is -2.31. The first-order chi connectivity index (χ1) is 15.2. The van der Waals surface area contributed by atoms with Crippen molar-refractivity contribution in [2.24, 2.45) is 0 Å². The first kappa shape index (κ1) is 21.0.